The van der Waals surface area contributed by atoms with Gasteiger partial charge in [-0.3, -0.25) is 14.4 Å². The molecule has 0 aliphatic rings. The van der Waals surface area contributed by atoms with E-state index in [1.807, 2.05) is 67.8 Å². The third-order valence-electron chi connectivity index (χ3n) is 4.23. The number of amides is 2. The van der Waals surface area contributed by atoms with Crippen molar-refractivity contribution in [1.29, 1.82) is 0 Å². The predicted octanol–water partition coefficient (Wildman–Crippen LogP) is -0.841. The number of ketones is 1. The number of carbonyl (C=O) groups is 3. The van der Waals surface area contributed by atoms with E-state index in [9.17, 15) is 39.9 Å². The van der Waals surface area contributed by atoms with Crippen LogP contribution in [0.1, 0.15) is 33.2 Å². The van der Waals surface area contributed by atoms with Crippen molar-refractivity contribution in [1.82, 2.24) is 10.6 Å². The fraction of sp³-hybridized carbons (Fsp3) is 0.500. The molecule has 31 heavy (non-hydrogen) atoms. The first-order valence-corrected chi connectivity index (χ1v) is 12.2. The van der Waals surface area contributed by atoms with E-state index in [-0.39, 0.29) is 21.1 Å². The van der Waals surface area contributed by atoms with Crippen molar-refractivity contribution in [3.63, 3.8) is 0 Å². The van der Waals surface area contributed by atoms with Gasteiger partial charge in [-0.05, 0) is 80.3 Å². The van der Waals surface area contributed by atoms with Crippen LogP contribution in [0.4, 0.5) is 0 Å². The maximum Gasteiger partial charge on any atom is 0.253 e. The number of benzene rings is 1. The van der Waals surface area contributed by atoms with E-state index >= 15 is 0 Å². The minimum Gasteiger partial charge on any atom is -0.394 e. The van der Waals surface area contributed by atoms with Gasteiger partial charge in [-0.25, -0.2) is 0 Å². The number of carbonyl (C=O) groups excluding carboxylic acids is 3. The molecule has 0 aromatic heterocycles. The average Bonchev–Trinajstić information content (AvgIpc) is 2.72. The molecule has 0 bridgehead atoms. The van der Waals surface area contributed by atoms with Gasteiger partial charge in [0.2, 0.25) is 0 Å². The number of aliphatic hydroxyl groups is 5. The third-order valence-corrected chi connectivity index (χ3v) is 7.69. The summed E-state index contributed by atoms with van der Waals surface area (Å²) in [6.45, 7) is -0.704. The highest BCUT2D eigenvalue weighted by molar-refractivity contribution is 14.1. The molecular formula is C18H23I3N2O8. The van der Waals surface area contributed by atoms with Gasteiger partial charge < -0.3 is 36.2 Å². The lowest BCUT2D eigenvalue weighted by Crippen LogP contribution is -2.42. The number of Topliss-reactive ketones (excluding diaryl/α,β-unsaturated/α-hetero) is 1. The number of nitrogens with one attached hydrogen (secondary N) is 2. The molecule has 0 spiro atoms. The van der Waals surface area contributed by atoms with Crippen LogP contribution in [-0.4, -0.2) is 87.7 Å². The van der Waals surface area contributed by atoms with Crippen LogP contribution in [0.2, 0.25) is 0 Å². The highest BCUT2D eigenvalue weighted by Gasteiger charge is 2.30. The fourth-order valence-corrected chi connectivity index (χ4v) is 6.93. The lowest BCUT2D eigenvalue weighted by Gasteiger charge is -2.22. The van der Waals surface area contributed by atoms with E-state index in [4.69, 9.17) is 0 Å². The summed E-state index contributed by atoms with van der Waals surface area (Å²) in [4.78, 5) is 38.0. The molecular weight excluding hydrogens is 753 g/mol. The Morgan fingerprint density at radius 3 is 1.42 bits per heavy atom. The van der Waals surface area contributed by atoms with Crippen molar-refractivity contribution in [2.24, 2.45) is 0 Å². The Morgan fingerprint density at radius 1 is 0.774 bits per heavy atom. The summed E-state index contributed by atoms with van der Waals surface area (Å²) in [6.07, 6.45) is -1.49. The van der Waals surface area contributed by atoms with Crippen molar-refractivity contribution >= 4 is 85.4 Å². The van der Waals surface area contributed by atoms with E-state index in [0.29, 0.717) is 12.7 Å². The monoisotopic (exact) mass is 776 g/mol. The molecule has 174 valence electrons. The number of halogens is 3. The first kappa shape index (κ1) is 28.9. The van der Waals surface area contributed by atoms with Gasteiger partial charge in [-0.1, -0.05) is 0 Å². The lowest BCUT2D eigenvalue weighted by molar-refractivity contribution is -0.125. The Bertz CT molecular complexity index is 774. The van der Waals surface area contributed by atoms with Crippen LogP contribution >= 0.6 is 67.8 Å². The second kappa shape index (κ2) is 13.5. The molecule has 1 aromatic carbocycles. The Labute approximate surface area is 219 Å². The molecule has 0 saturated heterocycles. The summed E-state index contributed by atoms with van der Waals surface area (Å²) in [7, 11) is 0. The van der Waals surface area contributed by atoms with Crippen molar-refractivity contribution in [2.45, 2.75) is 31.5 Å². The second-order valence-electron chi connectivity index (χ2n) is 6.56. The standard InChI is InChI=1S/C18H23I3N2O8/c1-7(28)11(29)2-10-14(19)12(17(30)22-8(3-24)4-25)16(21)13(15(10)20)18(31)23-9(5-26)6-27/h7-9,24-28H,2-6H2,1H3,(H,22,30)(H,23,31). The van der Waals surface area contributed by atoms with E-state index in [0.717, 1.165) is 0 Å². The van der Waals surface area contributed by atoms with Crippen molar-refractivity contribution < 1.29 is 39.9 Å². The summed E-state index contributed by atoms with van der Waals surface area (Å²) in [6, 6.07) is -1.85. The van der Waals surface area contributed by atoms with Gasteiger partial charge in [0.05, 0.1) is 49.6 Å². The highest BCUT2D eigenvalue weighted by Crippen LogP contribution is 2.33. The first-order valence-electron chi connectivity index (χ1n) is 8.99. The number of hydrogen-bond acceptors (Lipinski definition) is 8. The van der Waals surface area contributed by atoms with Gasteiger partial charge in [-0.2, -0.15) is 0 Å². The van der Waals surface area contributed by atoms with Crippen LogP contribution in [0.25, 0.3) is 0 Å². The van der Waals surface area contributed by atoms with Gasteiger partial charge in [0.15, 0.2) is 5.78 Å². The van der Waals surface area contributed by atoms with Crippen LogP contribution in [-0.2, 0) is 11.2 Å². The molecule has 10 nitrogen and oxygen atoms in total. The molecule has 1 aromatic rings. The smallest absolute Gasteiger partial charge is 0.253 e. The Hall–Kier alpha value is -0.180. The zero-order valence-corrected chi connectivity index (χ0v) is 22.8. The van der Waals surface area contributed by atoms with E-state index in [2.05, 4.69) is 10.6 Å². The average molecular weight is 776 g/mol. The summed E-state index contributed by atoms with van der Waals surface area (Å²) < 4.78 is 1.01. The van der Waals surface area contributed by atoms with Crippen LogP contribution < -0.4 is 10.6 Å². The largest absolute Gasteiger partial charge is 0.394 e. The minimum absolute atomic E-state index is 0.0663. The van der Waals surface area contributed by atoms with Crippen molar-refractivity contribution in [3.8, 4) is 0 Å². The first-order chi connectivity index (χ1) is 14.5. The maximum atomic E-state index is 12.9. The topological polar surface area (TPSA) is 176 Å². The van der Waals surface area contributed by atoms with Crippen LogP contribution in [0.3, 0.4) is 0 Å². The summed E-state index contributed by atoms with van der Waals surface area (Å²) in [5.41, 5.74) is 0.491. The Balaban J connectivity index is 3.66. The van der Waals surface area contributed by atoms with Crippen LogP contribution in [0, 0.1) is 10.7 Å². The van der Waals surface area contributed by atoms with Gasteiger partial charge in [-0.15, -0.1) is 0 Å². The van der Waals surface area contributed by atoms with Crippen LogP contribution in [0.5, 0.6) is 0 Å². The van der Waals surface area contributed by atoms with Gasteiger partial charge in [0, 0.05) is 17.1 Å². The number of rotatable bonds is 11. The molecule has 1 unspecified atom stereocenters. The molecule has 0 fully saturated rings. The molecule has 1 atom stereocenters. The van der Waals surface area contributed by atoms with E-state index < -0.39 is 62.2 Å². The number of aliphatic hydroxyl groups excluding tert-OH is 5. The van der Waals surface area contributed by atoms with Crippen molar-refractivity contribution in [2.75, 3.05) is 26.4 Å². The fourth-order valence-electron chi connectivity index (χ4n) is 2.40. The molecule has 0 heterocycles. The molecule has 0 saturated carbocycles. The number of hydrogen-bond donors (Lipinski definition) is 7. The minimum atomic E-state index is -1.25. The van der Waals surface area contributed by atoms with Gasteiger partial charge in [0.25, 0.3) is 11.8 Å². The third kappa shape index (κ3) is 7.41. The summed E-state index contributed by atoms with van der Waals surface area (Å²) in [5.74, 6) is -1.85. The predicted molar refractivity (Wildman–Crippen MR) is 136 cm³/mol. The summed E-state index contributed by atoms with van der Waals surface area (Å²) in [5, 5.41) is 51.6. The van der Waals surface area contributed by atoms with Gasteiger partial charge >= 0.3 is 0 Å². The SMILES string of the molecule is CC(O)C(=O)Cc1c(I)c(C(=O)NC(CO)CO)c(I)c(C(=O)NC(CO)CO)c1I. The zero-order valence-electron chi connectivity index (χ0n) is 16.4. The molecule has 0 aliphatic heterocycles. The molecule has 0 aliphatic carbocycles. The molecule has 13 heteroatoms. The Kier molecular flexibility index (Phi) is 12.6. The molecule has 0 radical (unpaired) electrons. The molecule has 7 N–H and O–H groups in total. The molecule has 1 rings (SSSR count). The highest BCUT2D eigenvalue weighted by atomic mass is 127. The lowest BCUT2D eigenvalue weighted by atomic mass is 9.99. The van der Waals surface area contributed by atoms with Crippen LogP contribution in [0.15, 0.2) is 0 Å². The Morgan fingerprint density at radius 2 is 1.13 bits per heavy atom. The zero-order chi connectivity index (χ0) is 23.9. The maximum absolute atomic E-state index is 12.9. The second-order valence-corrected chi connectivity index (χ2v) is 9.80. The molecule has 2 amide bonds. The quantitative estimate of drug-likeness (QED) is 0.143. The van der Waals surface area contributed by atoms with Gasteiger partial charge in [0.1, 0.15) is 6.10 Å². The van der Waals surface area contributed by atoms with E-state index in [1.165, 1.54) is 6.92 Å². The van der Waals surface area contributed by atoms with E-state index in [1.54, 1.807) is 0 Å². The van der Waals surface area contributed by atoms with Crippen molar-refractivity contribution in [3.05, 3.63) is 27.4 Å². The normalized spacial score (nSPS) is 12.2. The summed E-state index contributed by atoms with van der Waals surface area (Å²) >= 11 is 5.56.